The Balaban J connectivity index is 1.93. The summed E-state index contributed by atoms with van der Waals surface area (Å²) in [6.45, 7) is 0.707. The zero-order valence-electron chi connectivity index (χ0n) is 11.3. The number of aliphatic hydroxyl groups is 1. The van der Waals surface area contributed by atoms with E-state index in [4.69, 9.17) is 11.6 Å². The van der Waals surface area contributed by atoms with E-state index in [-0.39, 0.29) is 5.75 Å². The van der Waals surface area contributed by atoms with Crippen molar-refractivity contribution < 1.29 is 10.2 Å². The Bertz CT molecular complexity index is 557. The normalized spacial score (nSPS) is 12.2. The Kier molecular flexibility index (Phi) is 4.88. The zero-order chi connectivity index (χ0) is 14.5. The SMILES string of the molecule is CN(CCC(O)c1cccc(Cl)c1)c1ccc(O)cc1. The first-order valence-corrected chi connectivity index (χ1v) is 6.88. The van der Waals surface area contributed by atoms with Crippen molar-refractivity contribution in [2.24, 2.45) is 0 Å². The van der Waals surface area contributed by atoms with Crippen LogP contribution in [0.1, 0.15) is 18.1 Å². The lowest BCUT2D eigenvalue weighted by Crippen LogP contribution is -2.20. The van der Waals surface area contributed by atoms with E-state index in [1.54, 1.807) is 24.3 Å². The third kappa shape index (κ3) is 3.89. The molecule has 0 aliphatic heterocycles. The second-order valence-corrected chi connectivity index (χ2v) is 5.23. The first kappa shape index (κ1) is 14.7. The number of hydrogen-bond acceptors (Lipinski definition) is 3. The number of nitrogens with zero attached hydrogens (tertiary/aromatic N) is 1. The predicted octanol–water partition coefficient (Wildman–Crippen LogP) is 3.61. The van der Waals surface area contributed by atoms with Crippen LogP contribution >= 0.6 is 11.6 Å². The highest BCUT2D eigenvalue weighted by Gasteiger charge is 2.09. The van der Waals surface area contributed by atoms with E-state index in [2.05, 4.69) is 0 Å². The molecule has 2 N–H and O–H groups in total. The summed E-state index contributed by atoms with van der Waals surface area (Å²) in [6.07, 6.45) is 0.0748. The third-order valence-corrected chi connectivity index (χ3v) is 3.50. The van der Waals surface area contributed by atoms with Gasteiger partial charge in [0.1, 0.15) is 5.75 Å². The first-order chi connectivity index (χ1) is 9.56. The van der Waals surface area contributed by atoms with Gasteiger partial charge in [0.2, 0.25) is 0 Å². The summed E-state index contributed by atoms with van der Waals surface area (Å²) in [5.41, 5.74) is 1.83. The van der Waals surface area contributed by atoms with Crippen LogP contribution in [-0.2, 0) is 0 Å². The number of phenolic OH excluding ortho intramolecular Hbond substituents is 1. The van der Waals surface area contributed by atoms with Crippen LogP contribution in [0.25, 0.3) is 0 Å². The lowest BCUT2D eigenvalue weighted by Gasteiger charge is -2.21. The molecule has 0 aliphatic carbocycles. The van der Waals surface area contributed by atoms with Crippen LogP contribution in [0.3, 0.4) is 0 Å². The Morgan fingerprint density at radius 1 is 1.15 bits per heavy atom. The molecule has 20 heavy (non-hydrogen) atoms. The van der Waals surface area contributed by atoms with Gasteiger partial charge in [-0.3, -0.25) is 0 Å². The summed E-state index contributed by atoms with van der Waals surface area (Å²) in [7, 11) is 1.96. The van der Waals surface area contributed by atoms with Crippen LogP contribution in [0.4, 0.5) is 5.69 Å². The largest absolute Gasteiger partial charge is 0.508 e. The molecule has 1 atom stereocenters. The lowest BCUT2D eigenvalue weighted by molar-refractivity contribution is 0.170. The van der Waals surface area contributed by atoms with Crippen molar-refractivity contribution in [3.63, 3.8) is 0 Å². The summed E-state index contributed by atoms with van der Waals surface area (Å²) in [4.78, 5) is 2.03. The highest BCUT2D eigenvalue weighted by molar-refractivity contribution is 6.30. The fourth-order valence-electron chi connectivity index (χ4n) is 2.03. The van der Waals surface area contributed by atoms with Crippen LogP contribution in [-0.4, -0.2) is 23.8 Å². The van der Waals surface area contributed by atoms with Gasteiger partial charge in [0.05, 0.1) is 6.10 Å². The lowest BCUT2D eigenvalue weighted by atomic mass is 10.1. The Morgan fingerprint density at radius 2 is 1.85 bits per heavy atom. The van der Waals surface area contributed by atoms with Crippen molar-refractivity contribution in [2.75, 3.05) is 18.5 Å². The zero-order valence-corrected chi connectivity index (χ0v) is 12.1. The van der Waals surface area contributed by atoms with E-state index in [1.807, 2.05) is 36.2 Å². The molecular formula is C16H18ClNO2. The molecule has 0 saturated heterocycles. The minimum Gasteiger partial charge on any atom is -0.508 e. The van der Waals surface area contributed by atoms with Gasteiger partial charge in [0, 0.05) is 24.3 Å². The topological polar surface area (TPSA) is 43.7 Å². The van der Waals surface area contributed by atoms with E-state index < -0.39 is 6.10 Å². The van der Waals surface area contributed by atoms with Gasteiger partial charge in [-0.25, -0.2) is 0 Å². The summed E-state index contributed by atoms with van der Waals surface area (Å²) in [6, 6.07) is 14.3. The van der Waals surface area contributed by atoms with Gasteiger partial charge in [0.25, 0.3) is 0 Å². The molecule has 0 amide bonds. The molecule has 106 valence electrons. The molecule has 0 saturated carbocycles. The Hall–Kier alpha value is -1.71. The van der Waals surface area contributed by atoms with E-state index in [0.29, 0.717) is 18.0 Å². The minimum absolute atomic E-state index is 0.251. The fourth-order valence-corrected chi connectivity index (χ4v) is 2.23. The number of anilines is 1. The van der Waals surface area contributed by atoms with Crippen molar-refractivity contribution in [1.82, 2.24) is 0 Å². The molecule has 2 aromatic rings. The summed E-state index contributed by atoms with van der Waals surface area (Å²) in [5, 5.41) is 20.1. The molecule has 0 radical (unpaired) electrons. The van der Waals surface area contributed by atoms with Crippen molar-refractivity contribution in [1.29, 1.82) is 0 Å². The van der Waals surface area contributed by atoms with Gasteiger partial charge < -0.3 is 15.1 Å². The van der Waals surface area contributed by atoms with Crippen molar-refractivity contribution in [2.45, 2.75) is 12.5 Å². The number of aliphatic hydroxyl groups excluding tert-OH is 1. The van der Waals surface area contributed by atoms with Crippen LogP contribution in [0.5, 0.6) is 5.75 Å². The molecule has 3 nitrogen and oxygen atoms in total. The molecule has 0 aromatic heterocycles. The second kappa shape index (κ2) is 6.64. The highest BCUT2D eigenvalue weighted by Crippen LogP contribution is 2.22. The number of rotatable bonds is 5. The molecule has 0 spiro atoms. The summed E-state index contributed by atoms with van der Waals surface area (Å²) in [5.74, 6) is 0.251. The Morgan fingerprint density at radius 3 is 2.50 bits per heavy atom. The molecule has 0 aliphatic rings. The van der Waals surface area contributed by atoms with Crippen LogP contribution < -0.4 is 4.90 Å². The molecular weight excluding hydrogens is 274 g/mol. The maximum atomic E-state index is 10.2. The van der Waals surface area contributed by atoms with Crippen molar-refractivity contribution in [3.8, 4) is 5.75 Å². The number of halogens is 1. The fraction of sp³-hybridized carbons (Fsp3) is 0.250. The number of aromatic hydroxyl groups is 1. The van der Waals surface area contributed by atoms with Gasteiger partial charge in [-0.15, -0.1) is 0 Å². The highest BCUT2D eigenvalue weighted by atomic mass is 35.5. The average Bonchev–Trinajstić information content (AvgIpc) is 2.45. The average molecular weight is 292 g/mol. The van der Waals surface area contributed by atoms with Gasteiger partial charge in [-0.05, 0) is 48.4 Å². The van der Waals surface area contributed by atoms with Gasteiger partial charge in [0.15, 0.2) is 0 Å². The molecule has 2 rings (SSSR count). The number of benzene rings is 2. The van der Waals surface area contributed by atoms with Crippen molar-refractivity contribution >= 4 is 17.3 Å². The summed E-state index contributed by atoms with van der Waals surface area (Å²) >= 11 is 5.92. The predicted molar refractivity (Wildman–Crippen MR) is 82.4 cm³/mol. The molecule has 2 aromatic carbocycles. The van der Waals surface area contributed by atoms with E-state index in [0.717, 1.165) is 11.3 Å². The summed E-state index contributed by atoms with van der Waals surface area (Å²) < 4.78 is 0. The quantitative estimate of drug-likeness (QED) is 0.884. The molecule has 1 unspecified atom stereocenters. The maximum Gasteiger partial charge on any atom is 0.115 e. The van der Waals surface area contributed by atoms with Crippen LogP contribution in [0.15, 0.2) is 48.5 Å². The minimum atomic E-state index is -0.534. The third-order valence-electron chi connectivity index (χ3n) is 3.26. The first-order valence-electron chi connectivity index (χ1n) is 6.50. The molecule has 0 bridgehead atoms. The van der Waals surface area contributed by atoms with Gasteiger partial charge in [-0.2, -0.15) is 0 Å². The van der Waals surface area contributed by atoms with Crippen molar-refractivity contribution in [3.05, 3.63) is 59.1 Å². The number of hydrogen-bond donors (Lipinski definition) is 2. The second-order valence-electron chi connectivity index (χ2n) is 4.80. The van der Waals surface area contributed by atoms with Crippen LogP contribution in [0.2, 0.25) is 5.02 Å². The molecule has 4 heteroatoms. The monoisotopic (exact) mass is 291 g/mol. The Labute approximate surface area is 124 Å². The maximum absolute atomic E-state index is 10.2. The van der Waals surface area contributed by atoms with Gasteiger partial charge >= 0.3 is 0 Å². The van der Waals surface area contributed by atoms with E-state index in [1.165, 1.54) is 0 Å². The smallest absolute Gasteiger partial charge is 0.115 e. The van der Waals surface area contributed by atoms with Crippen LogP contribution in [0, 0.1) is 0 Å². The number of phenols is 1. The van der Waals surface area contributed by atoms with Gasteiger partial charge in [-0.1, -0.05) is 23.7 Å². The standard InChI is InChI=1S/C16H18ClNO2/c1-18(14-5-7-15(19)8-6-14)10-9-16(20)12-3-2-4-13(17)11-12/h2-8,11,16,19-20H,9-10H2,1H3. The molecule has 0 heterocycles. The van der Waals surface area contributed by atoms with E-state index in [9.17, 15) is 10.2 Å². The molecule has 0 fully saturated rings. The van der Waals surface area contributed by atoms with E-state index >= 15 is 0 Å².